The Balaban J connectivity index is 4.77. The highest BCUT2D eigenvalue weighted by Gasteiger charge is 2.28. The Morgan fingerprint density at radius 3 is 0.760 bits per heavy atom. The van der Waals surface area contributed by atoms with E-state index in [0.717, 1.165) is 77.0 Å². The fraction of sp³-hybridized carbons (Fsp3) is 0.921. The zero-order chi connectivity index (χ0) is 73.4. The lowest BCUT2D eigenvalue weighted by molar-refractivity contribution is -0.161. The van der Waals surface area contributed by atoms with Gasteiger partial charge in [-0.2, -0.15) is 0 Å². The van der Waals surface area contributed by atoms with Gasteiger partial charge in [0, 0.05) is 63.1 Å². The van der Waals surface area contributed by atoms with Crippen LogP contribution < -0.4 is 10.6 Å². The van der Waals surface area contributed by atoms with Gasteiger partial charge in [0.05, 0.1) is 26.4 Å². The molecule has 0 saturated carbocycles. The zero-order valence-electron chi connectivity index (χ0n) is 63.5. The first-order valence-electron chi connectivity index (χ1n) is 40.3. The number of esters is 4. The number of rotatable bonds is 79. The van der Waals surface area contributed by atoms with Gasteiger partial charge in [-0.25, -0.2) is 9.13 Å². The van der Waals surface area contributed by atoms with Crippen LogP contribution in [0.15, 0.2) is 0 Å². The van der Waals surface area contributed by atoms with Gasteiger partial charge in [0.25, 0.3) is 0 Å². The normalized spacial score (nSPS) is 13.3. The summed E-state index contributed by atoms with van der Waals surface area (Å²) in [7, 11) is -6.58. The van der Waals surface area contributed by atoms with E-state index < -0.39 is 64.9 Å². The average Bonchev–Trinajstić information content (AvgIpc) is 0.977. The molecule has 0 heterocycles. The van der Waals surface area contributed by atoms with Crippen molar-refractivity contribution in [2.75, 3.05) is 64.2 Å². The van der Waals surface area contributed by atoms with Gasteiger partial charge in [0.2, 0.25) is 11.8 Å². The summed E-state index contributed by atoms with van der Waals surface area (Å²) in [5, 5.41) is 5.25. The molecule has 0 rings (SSSR count). The number of carbonyl (C=O) groups is 6. The summed E-state index contributed by atoms with van der Waals surface area (Å²) >= 11 is 0. The van der Waals surface area contributed by atoms with E-state index in [0.29, 0.717) is 37.2 Å². The van der Waals surface area contributed by atoms with Crippen LogP contribution in [0.4, 0.5) is 0 Å². The maximum absolute atomic E-state index is 13.0. The molecule has 0 spiro atoms. The Bertz CT molecular complexity index is 2030. The molecule has 0 aromatic rings. The van der Waals surface area contributed by atoms with E-state index in [-0.39, 0.29) is 89.9 Å². The molecule has 590 valence electrons. The summed E-state index contributed by atoms with van der Waals surface area (Å²) in [6, 6.07) is 0. The van der Waals surface area contributed by atoms with Gasteiger partial charge in [-0.3, -0.25) is 46.9 Å². The van der Waals surface area contributed by atoms with Crippen LogP contribution in [0.5, 0.6) is 0 Å². The average molecular weight is 1500 g/mol. The van der Waals surface area contributed by atoms with Gasteiger partial charge in [-0.05, 0) is 25.7 Å². The maximum atomic E-state index is 13.0. The van der Waals surface area contributed by atoms with Crippen LogP contribution in [0.2, 0.25) is 0 Å². The lowest BCUT2D eigenvalue weighted by Crippen LogP contribution is -2.30. The van der Waals surface area contributed by atoms with E-state index >= 15 is 0 Å². The molecule has 0 aliphatic rings. The predicted molar refractivity (Wildman–Crippen MR) is 408 cm³/mol. The van der Waals surface area contributed by atoms with Crippen molar-refractivity contribution in [3.8, 4) is 0 Å². The molecule has 0 aromatic heterocycles. The predicted octanol–water partition coefficient (Wildman–Crippen LogP) is 20.9. The summed E-state index contributed by atoms with van der Waals surface area (Å²) in [6.07, 6.45) is 54.4. The van der Waals surface area contributed by atoms with Crippen molar-refractivity contribution < 1.29 is 84.7 Å². The Hall–Kier alpha value is -2.26. The smallest absolute Gasteiger partial charge is 0.462 e. The molecule has 0 saturated heterocycles. The highest BCUT2D eigenvalue weighted by Crippen LogP contribution is 2.44. The van der Waals surface area contributed by atoms with Gasteiger partial charge in [-0.15, -0.1) is 0 Å². The van der Waals surface area contributed by atoms with Crippen LogP contribution in [0, 0.1) is 0 Å². The number of unbranched alkanes of at least 4 members (excludes halogenated alkanes) is 44. The third-order valence-electron chi connectivity index (χ3n) is 17.5. The minimum Gasteiger partial charge on any atom is -0.462 e. The molecule has 0 bridgehead atoms. The van der Waals surface area contributed by atoms with E-state index in [1.54, 1.807) is 0 Å². The third kappa shape index (κ3) is 72.7. The lowest BCUT2D eigenvalue weighted by Gasteiger charge is -2.20. The van der Waals surface area contributed by atoms with Gasteiger partial charge >= 0.3 is 39.5 Å². The topological polar surface area (TPSA) is 275 Å². The molecule has 24 heteroatoms. The van der Waals surface area contributed by atoms with Crippen molar-refractivity contribution in [3.05, 3.63) is 0 Å². The van der Waals surface area contributed by atoms with Gasteiger partial charge in [0.1, 0.15) is 13.2 Å². The van der Waals surface area contributed by atoms with Crippen LogP contribution in [-0.2, 0) is 74.9 Å². The van der Waals surface area contributed by atoms with E-state index in [4.69, 9.17) is 37.0 Å². The number of amides is 2. The molecule has 4 N–H and O–H groups in total. The molecule has 0 fully saturated rings. The molecule has 20 nitrogen and oxygen atoms in total. The molecule has 0 radical (unpaired) electrons. The molecule has 4 unspecified atom stereocenters. The number of phosphoric ester groups is 2. The third-order valence-corrected chi connectivity index (χ3v) is 21.9. The second kappa shape index (κ2) is 73.6. The molecule has 100 heavy (non-hydrogen) atoms. The number of phosphoric acid groups is 2. The number of ether oxygens (including phenoxy) is 4. The molecular weight excluding hydrogens is 1350 g/mol. The van der Waals surface area contributed by atoms with Crippen molar-refractivity contribution in [2.24, 2.45) is 0 Å². The highest BCUT2D eigenvalue weighted by molar-refractivity contribution is 8.76. The molecule has 0 aliphatic carbocycles. The Morgan fingerprint density at radius 1 is 0.300 bits per heavy atom. The fourth-order valence-electron chi connectivity index (χ4n) is 11.4. The summed E-state index contributed by atoms with van der Waals surface area (Å²) in [4.78, 5) is 97.0. The van der Waals surface area contributed by atoms with Gasteiger partial charge < -0.3 is 39.4 Å². The molecule has 0 aliphatic heterocycles. The number of hydrogen-bond donors (Lipinski definition) is 4. The Kier molecular flexibility index (Phi) is 72.0. The number of nitrogens with one attached hydrogen (secondary N) is 2. The van der Waals surface area contributed by atoms with E-state index in [9.17, 15) is 47.7 Å². The first-order valence-corrected chi connectivity index (χ1v) is 45.8. The maximum Gasteiger partial charge on any atom is 0.472 e. The van der Waals surface area contributed by atoms with Crippen LogP contribution in [-0.4, -0.2) is 122 Å². The molecular formula is C76H146N2O18P2S2. The lowest BCUT2D eigenvalue weighted by atomic mass is 10.0. The number of hydrogen-bond acceptors (Lipinski definition) is 18. The first kappa shape index (κ1) is 97.7. The van der Waals surface area contributed by atoms with Crippen molar-refractivity contribution in [1.29, 1.82) is 0 Å². The molecule has 2 amide bonds. The second-order valence-electron chi connectivity index (χ2n) is 27.2. The standard InChI is InChI=1S/C76H146N2O18P2S2/c1-5-9-13-17-21-25-27-29-31-33-35-39-42-46-50-54-74(82)90-66-70(96-76(84)56-52-48-44-40-36-34-32-30-28-26-22-18-14-10-6-2)68-94-98(87,88)92-62-60-78-72(80)58-64-100-99-63-57-71(79)77-59-61-91-97(85,86)93-67-69(95-75(83)55-51-47-43-38-24-20-16-12-8-4)65-89-73(81)53-49-45-41-37-23-19-15-11-7-3/h69-70H,5-68H2,1-4H3,(H,77,79)(H,78,80)(H,85,86)(H,87,88). The Labute approximate surface area is 615 Å². The van der Waals surface area contributed by atoms with Crippen LogP contribution >= 0.6 is 37.2 Å². The van der Waals surface area contributed by atoms with E-state index in [2.05, 4.69) is 38.3 Å². The minimum atomic E-state index is -4.67. The quantitative estimate of drug-likeness (QED) is 0.0145. The van der Waals surface area contributed by atoms with Crippen LogP contribution in [0.1, 0.15) is 374 Å². The van der Waals surface area contributed by atoms with E-state index in [1.807, 2.05) is 0 Å². The minimum absolute atomic E-state index is 0.0903. The summed E-state index contributed by atoms with van der Waals surface area (Å²) in [5.74, 6) is -1.76. The fourth-order valence-corrected chi connectivity index (χ4v) is 14.9. The van der Waals surface area contributed by atoms with Crippen LogP contribution in [0.25, 0.3) is 0 Å². The van der Waals surface area contributed by atoms with Gasteiger partial charge in [-0.1, -0.05) is 332 Å². The van der Waals surface area contributed by atoms with Crippen molar-refractivity contribution in [2.45, 2.75) is 387 Å². The zero-order valence-corrected chi connectivity index (χ0v) is 67.0. The van der Waals surface area contributed by atoms with Crippen molar-refractivity contribution in [1.82, 2.24) is 10.6 Å². The van der Waals surface area contributed by atoms with Crippen molar-refractivity contribution in [3.63, 3.8) is 0 Å². The second-order valence-corrected chi connectivity index (χ2v) is 32.8. The van der Waals surface area contributed by atoms with Crippen LogP contribution in [0.3, 0.4) is 0 Å². The number of carbonyl (C=O) groups excluding carboxylic acids is 6. The first-order chi connectivity index (χ1) is 48.6. The largest absolute Gasteiger partial charge is 0.472 e. The summed E-state index contributed by atoms with van der Waals surface area (Å²) < 4.78 is 68.3. The summed E-state index contributed by atoms with van der Waals surface area (Å²) in [6.45, 7) is 6.23. The summed E-state index contributed by atoms with van der Waals surface area (Å²) in [5.41, 5.74) is 0. The van der Waals surface area contributed by atoms with Crippen molar-refractivity contribution >= 4 is 72.9 Å². The van der Waals surface area contributed by atoms with Gasteiger partial charge in [0.15, 0.2) is 12.2 Å². The molecule has 4 atom stereocenters. The molecule has 0 aromatic carbocycles. The van der Waals surface area contributed by atoms with E-state index in [1.165, 1.54) is 227 Å². The monoisotopic (exact) mass is 1500 g/mol. The highest BCUT2D eigenvalue weighted by atomic mass is 33.1. The SMILES string of the molecule is CCCCCCCCCCCCCCCCCC(=O)OCC(COP(=O)(O)OCCNC(=O)CCSSCCC(=O)NCCOP(=O)(O)OCC(COC(=O)CCCCCCCCCCC)OC(=O)CCCCCCCCCCC)OC(=O)CCCCCCCCCCCCCCCCC. The Morgan fingerprint density at radius 2 is 0.520 bits per heavy atom.